The Hall–Kier alpha value is -5.67. The van der Waals surface area contributed by atoms with E-state index in [0.29, 0.717) is 5.82 Å². The molecule has 0 aliphatic heterocycles. The van der Waals surface area contributed by atoms with Crippen LogP contribution in [0.3, 0.4) is 0 Å². The average Bonchev–Trinajstić information content (AvgIpc) is 3.08. The highest BCUT2D eigenvalue weighted by atomic mass is 15.0. The highest BCUT2D eigenvalue weighted by Crippen LogP contribution is 2.39. The van der Waals surface area contributed by atoms with Crippen LogP contribution in [0, 0.1) is 13.8 Å². The Labute approximate surface area is 256 Å². The van der Waals surface area contributed by atoms with E-state index < -0.39 is 0 Å². The van der Waals surface area contributed by atoms with Gasteiger partial charge in [-0.1, -0.05) is 109 Å². The second-order valence-electron chi connectivity index (χ2n) is 11.4. The van der Waals surface area contributed by atoms with Gasteiger partial charge in [0.2, 0.25) is 0 Å². The Bertz CT molecular complexity index is 2300. The van der Waals surface area contributed by atoms with Crippen molar-refractivity contribution < 1.29 is 0 Å². The minimum Gasteiger partial charge on any atom is -0.219 e. The molecule has 0 fully saturated rings. The zero-order chi connectivity index (χ0) is 29.6. The van der Waals surface area contributed by atoms with Gasteiger partial charge in [0.05, 0.1) is 0 Å². The van der Waals surface area contributed by atoms with Crippen LogP contribution >= 0.6 is 0 Å². The monoisotopic (exact) mass is 563 g/mol. The maximum atomic E-state index is 4.74. The summed E-state index contributed by atoms with van der Waals surface area (Å²) in [5, 5.41) is 7.61. The molecule has 0 amide bonds. The van der Waals surface area contributed by atoms with Gasteiger partial charge in [0.15, 0.2) is 5.82 Å². The molecule has 44 heavy (non-hydrogen) atoms. The van der Waals surface area contributed by atoms with E-state index in [1.165, 1.54) is 43.4 Å². The Kier molecular flexibility index (Phi) is 6.23. The molecule has 0 N–H and O–H groups in total. The summed E-state index contributed by atoms with van der Waals surface area (Å²) in [6.07, 6.45) is 0. The van der Waals surface area contributed by atoms with Crippen LogP contribution in [-0.4, -0.2) is 15.0 Å². The minimum atomic E-state index is 0.689. The number of benzene rings is 7. The molecule has 0 unspecified atom stereocenters. The van der Waals surface area contributed by atoms with Crippen molar-refractivity contribution in [2.24, 2.45) is 0 Å². The Morgan fingerprint density at radius 1 is 0.295 bits per heavy atom. The molecular formula is C41H29N3. The van der Waals surface area contributed by atoms with Gasteiger partial charge in [0.25, 0.3) is 0 Å². The van der Waals surface area contributed by atoms with E-state index in [9.17, 15) is 0 Å². The second kappa shape index (κ2) is 10.6. The molecule has 3 heteroatoms. The van der Waals surface area contributed by atoms with Crippen LogP contribution in [0.4, 0.5) is 0 Å². The largest absolute Gasteiger partial charge is 0.219 e. The Balaban J connectivity index is 1.37. The van der Waals surface area contributed by atoms with Crippen molar-refractivity contribution in [2.45, 2.75) is 13.8 Å². The predicted molar refractivity (Wildman–Crippen MR) is 184 cm³/mol. The van der Waals surface area contributed by atoms with Crippen LogP contribution < -0.4 is 0 Å². The van der Waals surface area contributed by atoms with Gasteiger partial charge in [-0.25, -0.2) is 15.0 Å². The third-order valence-corrected chi connectivity index (χ3v) is 8.43. The lowest BCUT2D eigenvalue weighted by Crippen LogP contribution is -1.99. The number of nitrogens with zero attached hydrogens (tertiary/aromatic N) is 3. The first-order valence-corrected chi connectivity index (χ1v) is 14.9. The van der Waals surface area contributed by atoms with E-state index in [1.807, 2.05) is 13.8 Å². The van der Waals surface area contributed by atoms with Crippen LogP contribution in [-0.2, 0) is 0 Å². The molecule has 1 aromatic heterocycles. The fraction of sp³-hybridized carbons (Fsp3) is 0.0488. The minimum absolute atomic E-state index is 0.689. The van der Waals surface area contributed by atoms with Crippen molar-refractivity contribution in [3.63, 3.8) is 0 Å². The summed E-state index contributed by atoms with van der Waals surface area (Å²) in [6, 6.07) is 50.3. The van der Waals surface area contributed by atoms with Crippen molar-refractivity contribution in [2.75, 3.05) is 0 Å². The fourth-order valence-electron chi connectivity index (χ4n) is 6.43. The number of hydrogen-bond acceptors (Lipinski definition) is 3. The van der Waals surface area contributed by atoms with Gasteiger partial charge in [-0.3, -0.25) is 0 Å². The normalized spacial score (nSPS) is 11.4. The predicted octanol–water partition coefficient (Wildman–Crippen LogP) is 10.6. The van der Waals surface area contributed by atoms with Crippen LogP contribution in [0.25, 0.3) is 77.1 Å². The molecule has 8 aromatic rings. The molecule has 208 valence electrons. The number of fused-ring (bicyclic) bond motifs is 6. The molecule has 0 radical (unpaired) electrons. The van der Waals surface area contributed by atoms with Crippen molar-refractivity contribution >= 4 is 32.3 Å². The van der Waals surface area contributed by atoms with Crippen molar-refractivity contribution in [1.82, 2.24) is 15.0 Å². The smallest absolute Gasteiger partial charge is 0.163 e. The summed E-state index contributed by atoms with van der Waals surface area (Å²) in [4.78, 5) is 13.9. The van der Waals surface area contributed by atoms with Crippen molar-refractivity contribution in [3.8, 4) is 44.8 Å². The summed E-state index contributed by atoms with van der Waals surface area (Å²) in [6.45, 7) is 3.84. The van der Waals surface area contributed by atoms with Gasteiger partial charge in [-0.05, 0) is 110 Å². The average molecular weight is 564 g/mol. The van der Waals surface area contributed by atoms with E-state index >= 15 is 0 Å². The van der Waals surface area contributed by atoms with Crippen LogP contribution in [0.5, 0.6) is 0 Å². The lowest BCUT2D eigenvalue weighted by Gasteiger charge is -2.14. The molecule has 8 rings (SSSR count). The van der Waals surface area contributed by atoms with Gasteiger partial charge in [-0.2, -0.15) is 0 Å². The molecule has 3 nitrogen and oxygen atoms in total. The number of aromatic nitrogens is 3. The number of aryl methyl sites for hydroxylation is 2. The number of hydrogen-bond donors (Lipinski definition) is 0. The quantitative estimate of drug-likeness (QED) is 0.200. The maximum Gasteiger partial charge on any atom is 0.163 e. The molecule has 0 aliphatic rings. The van der Waals surface area contributed by atoms with Crippen molar-refractivity contribution in [3.05, 3.63) is 151 Å². The standard InChI is InChI=1S/C41H29N3/c1-26-42-27(2)44-41(43-26)34-23-32(30-14-10-13-29(21-30)28-11-4-3-5-12-28)22-33(24-34)31-19-20-39-37-17-7-6-15-35(37)36-16-8-9-18-38(36)40(39)25-31/h3-25H,1-2H3. The SMILES string of the molecule is Cc1nc(C)nc(-c2cc(-c3cccc(-c4ccccc4)c3)cc(-c3ccc4c5ccccc5c5ccccc5c4c3)c2)n1. The Morgan fingerprint density at radius 3 is 1.34 bits per heavy atom. The summed E-state index contributed by atoms with van der Waals surface area (Å²) in [5.74, 6) is 2.12. The third-order valence-electron chi connectivity index (χ3n) is 8.43. The summed E-state index contributed by atoms with van der Waals surface area (Å²) < 4.78 is 0. The first-order chi connectivity index (χ1) is 21.6. The summed E-state index contributed by atoms with van der Waals surface area (Å²) in [5.41, 5.74) is 7.90. The third kappa shape index (κ3) is 4.60. The molecule has 0 bridgehead atoms. The highest BCUT2D eigenvalue weighted by molar-refractivity contribution is 6.25. The van der Waals surface area contributed by atoms with E-state index in [-0.39, 0.29) is 0 Å². The van der Waals surface area contributed by atoms with Gasteiger partial charge in [0.1, 0.15) is 11.6 Å². The van der Waals surface area contributed by atoms with Crippen molar-refractivity contribution in [1.29, 1.82) is 0 Å². The first-order valence-electron chi connectivity index (χ1n) is 14.9. The van der Waals surface area contributed by atoms with E-state index in [2.05, 4.69) is 145 Å². The van der Waals surface area contributed by atoms with Crippen LogP contribution in [0.15, 0.2) is 140 Å². The van der Waals surface area contributed by atoms with E-state index in [1.54, 1.807) is 0 Å². The molecule has 0 saturated carbocycles. The molecule has 1 heterocycles. The zero-order valence-corrected chi connectivity index (χ0v) is 24.6. The molecular weight excluding hydrogens is 534 g/mol. The van der Waals surface area contributed by atoms with Gasteiger partial charge >= 0.3 is 0 Å². The lowest BCUT2D eigenvalue weighted by atomic mass is 9.90. The molecule has 7 aromatic carbocycles. The molecule has 0 saturated heterocycles. The van der Waals surface area contributed by atoms with Gasteiger partial charge in [-0.15, -0.1) is 0 Å². The maximum absolute atomic E-state index is 4.74. The summed E-state index contributed by atoms with van der Waals surface area (Å²) in [7, 11) is 0. The molecule has 0 spiro atoms. The van der Waals surface area contributed by atoms with E-state index in [0.717, 1.165) is 39.5 Å². The summed E-state index contributed by atoms with van der Waals surface area (Å²) >= 11 is 0. The van der Waals surface area contributed by atoms with Crippen LogP contribution in [0.1, 0.15) is 11.6 Å². The topological polar surface area (TPSA) is 38.7 Å². The van der Waals surface area contributed by atoms with Crippen LogP contribution in [0.2, 0.25) is 0 Å². The van der Waals surface area contributed by atoms with Gasteiger partial charge < -0.3 is 0 Å². The Morgan fingerprint density at radius 2 is 0.727 bits per heavy atom. The molecule has 0 aliphatic carbocycles. The highest BCUT2D eigenvalue weighted by Gasteiger charge is 2.14. The number of rotatable bonds is 4. The van der Waals surface area contributed by atoms with E-state index in [4.69, 9.17) is 9.97 Å². The zero-order valence-electron chi connectivity index (χ0n) is 24.6. The second-order valence-corrected chi connectivity index (χ2v) is 11.4. The first kappa shape index (κ1) is 26.0. The van der Waals surface area contributed by atoms with Gasteiger partial charge in [0, 0.05) is 5.56 Å². The fourth-order valence-corrected chi connectivity index (χ4v) is 6.43. The lowest BCUT2D eigenvalue weighted by molar-refractivity contribution is 0.928. The molecule has 0 atom stereocenters.